The minimum absolute atomic E-state index is 0.418. The van der Waals surface area contributed by atoms with Crippen molar-refractivity contribution in [2.24, 2.45) is 0 Å². The van der Waals surface area contributed by atoms with Gasteiger partial charge in [0.2, 0.25) is 0 Å². The van der Waals surface area contributed by atoms with Gasteiger partial charge in [-0.15, -0.1) is 34.0 Å². The van der Waals surface area contributed by atoms with Crippen LogP contribution in [0.5, 0.6) is 0 Å². The molecule has 16 heterocycles. The van der Waals surface area contributed by atoms with Crippen LogP contribution in [0.2, 0.25) is 5.02 Å². The molecule has 0 radical (unpaired) electrons. The lowest BCUT2D eigenvalue weighted by Crippen LogP contribution is -1.92. The summed E-state index contributed by atoms with van der Waals surface area (Å²) in [5.74, 6) is 15.0. The first-order chi connectivity index (χ1) is 69.5. The average Bonchev–Trinajstić information content (AvgIpc) is 1.71. The molecule has 26 nitrogen and oxygen atoms in total. The molecule has 808 valence electrons. The normalized spacial score (nSPS) is 10.5. The van der Waals surface area contributed by atoms with Crippen molar-refractivity contribution in [3.05, 3.63) is 340 Å². The second kappa shape index (κ2) is 76.0. The van der Waals surface area contributed by atoms with Gasteiger partial charge >= 0.3 is 0 Å². The molecule has 0 saturated heterocycles. The molecule has 0 unspecified atom stereocenters. The van der Waals surface area contributed by atoms with Crippen molar-refractivity contribution in [3.63, 3.8) is 0 Å². The Bertz CT molecular complexity index is 4970. The quantitative estimate of drug-likeness (QED) is 0.0885. The summed E-state index contributed by atoms with van der Waals surface area (Å²) in [4.78, 5) is 32.0. The topological polar surface area (TPSA) is 340 Å². The maximum absolute atomic E-state index is 5.92. The van der Waals surface area contributed by atoms with Crippen LogP contribution in [-0.2, 0) is 0 Å². The summed E-state index contributed by atoms with van der Waals surface area (Å²) in [6.45, 7) is 86.3. The molecule has 0 aliphatic carbocycles. The van der Waals surface area contributed by atoms with E-state index in [-0.39, 0.29) is 0 Å². The van der Waals surface area contributed by atoms with Gasteiger partial charge in [0.05, 0.1) is 95.0 Å². The van der Waals surface area contributed by atoms with E-state index >= 15 is 0 Å². The Balaban J connectivity index is 0.000000781. The Morgan fingerprint density at radius 2 is 0.980 bits per heavy atom. The highest BCUT2D eigenvalue weighted by atomic mass is 35.5. The SMILES string of the molecule is CC(C)c1ccccc1Cl.CC(C)c1cccnn1.CC(C)c1cccs1.CC(C)c1ccno1.CC(C)c1ccoc1.CC(C)c1ccsn1.CC(C)c1cncnc1.CC(C)c1cnco1.CC(C)c1cncs1.CC(C)c1cnon1.Cc1[nH]ncc1C(C)C.Cc1cnoc1C(C)C.Cc1ncoc1C(C)C.Cc1ncsc1C(C)C.Cc1nocc1C(C)C.Cc1occc1C(C)C.Cc1ocnc1C(C)C. The minimum Gasteiger partial charge on any atom is -0.472 e. The van der Waals surface area contributed by atoms with E-state index < -0.39 is 0 Å². The Labute approximate surface area is 900 Å². The molecule has 16 aromatic heterocycles. The monoisotopic (exact) mass is 2110 g/mol. The number of oxazole rings is 3. The number of hydrogen-bond acceptors (Lipinski definition) is 29. The summed E-state index contributed by atoms with van der Waals surface area (Å²) in [7, 11) is 0. The smallest absolute Gasteiger partial charge is 0.181 e. The summed E-state index contributed by atoms with van der Waals surface area (Å²) < 4.78 is 48.2. The molecule has 1 N–H and O–H groups in total. The molecule has 0 aliphatic rings. The number of aromatic amines is 1. The molecular formula is C116H174ClN17O9S4. The fourth-order valence-corrected chi connectivity index (χ4v) is 15.3. The van der Waals surface area contributed by atoms with E-state index in [1.807, 2.05) is 156 Å². The van der Waals surface area contributed by atoms with E-state index in [4.69, 9.17) is 47.3 Å². The molecule has 17 aromatic rings. The van der Waals surface area contributed by atoms with Crippen LogP contribution in [0, 0.1) is 48.5 Å². The highest BCUT2D eigenvalue weighted by molar-refractivity contribution is 7.10. The van der Waals surface area contributed by atoms with Crippen LogP contribution in [-0.4, -0.2) is 85.4 Å². The van der Waals surface area contributed by atoms with Gasteiger partial charge in [0.1, 0.15) is 52.8 Å². The standard InChI is InChI=1S/C9H11Cl.C8H12O.C7H10N2.C7H12N2.C7H10N2.4C7H11NO.C7H11NS.C7H10O.C7H10S.2C6H9NO.2C6H9NS.C5H8N2O/c1-7(2)8-5-3-4-6-9(8)10;1-6(2)8-4-5-9-7(8)3;1-6(2)7-3-8-5-9-4-7;1-5(2)7-4-8-9-6(7)3;1-6(2)7-4-3-5-8-9-7;1-5(2)7-6(3)9-4-8-7;1-5(2)7-6(3)8-4-9-7;1-5(2)7-4-9-8-6(7)3;1-5(2)7-6(3)4-8-9-7;1-5(2)7-6(3)8-4-9-7;1-6(2)7-3-4-8-5-7;1-6(2)7-4-3-5-8-7;1-5(2)6-3-7-4-8-6;1-5(2)6-3-4-7-8-6;1-5(2)6-3-7-4-8-6;1-5(2)6-3-4-8-7-6;1-4(2)5-3-6-8-7-5/h3-7H,1-2H3;4-6H,1-3H3;3-6H,1-2H3;4-5H,1-3H3,(H,8,9);3-6H,1-2H3;5*4-5H,1-3H3;2*3-6H,1-2H3;4*3-5H,1-2H3;3-4H,1-2H3. The number of aromatic nitrogens is 17. The highest BCUT2D eigenvalue weighted by Crippen LogP contribution is 2.28. The first-order valence-electron chi connectivity index (χ1n) is 50.7. The Morgan fingerprint density at radius 1 is 0.354 bits per heavy atom. The lowest BCUT2D eigenvalue weighted by atomic mass is 10.0. The van der Waals surface area contributed by atoms with Gasteiger partial charge in [-0.25, -0.2) is 34.5 Å². The fourth-order valence-electron chi connectivity index (χ4n) is 12.1. The first-order valence-corrected chi connectivity index (χ1v) is 54.5. The summed E-state index contributed by atoms with van der Waals surface area (Å²) >= 11 is 12.7. The highest BCUT2D eigenvalue weighted by Gasteiger charge is 2.13. The van der Waals surface area contributed by atoms with Crippen LogP contribution in [0.3, 0.4) is 0 Å². The molecule has 0 aliphatic heterocycles. The molecule has 31 heteroatoms. The Morgan fingerprint density at radius 3 is 1.24 bits per heavy atom. The van der Waals surface area contributed by atoms with Crippen LogP contribution in [0.1, 0.15) is 470 Å². The molecular weight excluding hydrogens is 1940 g/mol. The zero-order chi connectivity index (χ0) is 111. The van der Waals surface area contributed by atoms with E-state index in [9.17, 15) is 0 Å². The third-order valence-corrected chi connectivity index (χ3v) is 25.4. The molecule has 17 rings (SSSR count). The lowest BCUT2D eigenvalue weighted by Gasteiger charge is -2.05. The van der Waals surface area contributed by atoms with Gasteiger partial charge in [-0.1, -0.05) is 297 Å². The molecule has 147 heavy (non-hydrogen) atoms. The number of thiophene rings is 1. The van der Waals surface area contributed by atoms with Crippen molar-refractivity contribution in [1.29, 1.82) is 0 Å². The maximum atomic E-state index is 5.92. The third kappa shape index (κ3) is 57.5. The number of nitrogens with one attached hydrogen (secondary N) is 1. The molecule has 0 spiro atoms. The average molecular weight is 2110 g/mol. The summed E-state index contributed by atoms with van der Waals surface area (Å²) in [6.07, 6.45) is 28.9. The Kier molecular flexibility index (Phi) is 69.0. The van der Waals surface area contributed by atoms with Crippen LogP contribution in [0.4, 0.5) is 0 Å². The summed E-state index contributed by atoms with van der Waals surface area (Å²) in [5, 5.41) is 37.6. The van der Waals surface area contributed by atoms with E-state index in [0.29, 0.717) is 101 Å². The van der Waals surface area contributed by atoms with Crippen molar-refractivity contribution >= 4 is 57.1 Å². The maximum Gasteiger partial charge on any atom is 0.181 e. The van der Waals surface area contributed by atoms with Gasteiger partial charge in [0, 0.05) is 102 Å². The van der Waals surface area contributed by atoms with Gasteiger partial charge in [-0.2, -0.15) is 19.7 Å². The fraction of sp³-hybridized carbons (Fsp3) is 0.500. The number of rotatable bonds is 17. The number of nitrogens with zero attached hydrogens (tertiary/aromatic N) is 16. The van der Waals surface area contributed by atoms with E-state index in [1.54, 1.807) is 85.0 Å². The largest absolute Gasteiger partial charge is 0.472 e. The lowest BCUT2D eigenvalue weighted by molar-refractivity contribution is 0.302. The predicted molar refractivity (Wildman–Crippen MR) is 608 cm³/mol. The number of thiazole rings is 2. The van der Waals surface area contributed by atoms with E-state index in [0.717, 1.165) is 73.6 Å². The minimum atomic E-state index is 0.418. The molecule has 0 bridgehead atoms. The molecule has 0 amide bonds. The molecule has 1 aromatic carbocycles. The van der Waals surface area contributed by atoms with Crippen molar-refractivity contribution in [3.8, 4) is 0 Å². The molecule has 0 atom stereocenters. The summed E-state index contributed by atoms with van der Waals surface area (Å²) in [5.41, 5.74) is 21.1. The second-order valence-corrected chi connectivity index (χ2v) is 43.4. The van der Waals surface area contributed by atoms with Crippen LogP contribution < -0.4 is 0 Å². The number of hydrogen-bond donors (Lipinski definition) is 1. The number of aryl methyl sites for hydroxylation is 7. The zero-order valence-electron chi connectivity index (χ0n) is 95.7. The number of halogens is 1. The Hall–Kier alpha value is -11.6. The van der Waals surface area contributed by atoms with Crippen molar-refractivity contribution < 1.29 is 40.3 Å². The molecule has 0 fully saturated rings. The molecule has 0 saturated carbocycles. The first kappa shape index (κ1) is 133. The van der Waals surface area contributed by atoms with Crippen molar-refractivity contribution in [1.82, 2.24) is 85.4 Å². The zero-order valence-corrected chi connectivity index (χ0v) is 99.7. The van der Waals surface area contributed by atoms with Gasteiger partial charge in [0.25, 0.3) is 0 Å². The number of benzene rings is 1. The van der Waals surface area contributed by atoms with Crippen LogP contribution in [0.25, 0.3) is 0 Å². The van der Waals surface area contributed by atoms with E-state index in [1.165, 1.54) is 95.8 Å². The number of H-pyrrole nitrogens is 1. The van der Waals surface area contributed by atoms with Gasteiger partial charge in [0.15, 0.2) is 19.2 Å². The van der Waals surface area contributed by atoms with Crippen molar-refractivity contribution in [2.75, 3.05) is 0 Å². The van der Waals surface area contributed by atoms with Crippen LogP contribution in [0.15, 0.2) is 241 Å². The van der Waals surface area contributed by atoms with Gasteiger partial charge in [-0.3, -0.25) is 10.1 Å². The van der Waals surface area contributed by atoms with Gasteiger partial charge < -0.3 is 35.7 Å². The van der Waals surface area contributed by atoms with Crippen molar-refractivity contribution in [2.45, 2.75) is 384 Å². The predicted octanol–water partition coefficient (Wildman–Crippen LogP) is 36.8. The van der Waals surface area contributed by atoms with Gasteiger partial charge in [-0.05, 0) is 207 Å². The number of furan rings is 2. The second-order valence-electron chi connectivity index (χ2n) is 39.5. The summed E-state index contributed by atoms with van der Waals surface area (Å²) in [6, 6.07) is 24.1. The van der Waals surface area contributed by atoms with E-state index in [2.05, 4.69) is 348 Å². The van der Waals surface area contributed by atoms with Crippen LogP contribution >= 0.6 is 57.1 Å². The third-order valence-electron chi connectivity index (χ3n) is 21.0.